The first kappa shape index (κ1) is 25.1. The van der Waals surface area contributed by atoms with E-state index in [1.165, 1.54) is 47.9 Å². The van der Waals surface area contributed by atoms with Gasteiger partial charge in [-0.15, -0.1) is 11.3 Å². The maximum absolute atomic E-state index is 4.96. The number of pyridine rings is 1. The molecule has 3 aromatic carbocycles. The van der Waals surface area contributed by atoms with E-state index in [2.05, 4.69) is 120 Å². The van der Waals surface area contributed by atoms with Crippen LogP contribution in [0.3, 0.4) is 0 Å². The van der Waals surface area contributed by atoms with Crippen molar-refractivity contribution in [3.63, 3.8) is 0 Å². The molecule has 1 nitrogen and oxygen atoms in total. The van der Waals surface area contributed by atoms with Crippen molar-refractivity contribution in [3.8, 4) is 11.3 Å². The number of thiophene rings is 1. The van der Waals surface area contributed by atoms with Crippen LogP contribution >= 0.6 is 11.3 Å². The Labute approximate surface area is 222 Å². The minimum atomic E-state index is -1.86. The Morgan fingerprint density at radius 2 is 1.44 bits per heavy atom. The van der Waals surface area contributed by atoms with Crippen molar-refractivity contribution in [2.45, 2.75) is 59.4 Å². The SMILES string of the molecule is Cc1c([Si](C)(C)c2ccc([Si](C)(C)C)cc2)sc2c(-c3cc(C(C)C)c4ccccc4c3)nccc12. The number of hydrogen-bond acceptors (Lipinski definition) is 2. The predicted octanol–water partition coefficient (Wildman–Crippen LogP) is 7.92. The average molecular weight is 524 g/mol. The van der Waals surface area contributed by atoms with E-state index < -0.39 is 16.1 Å². The highest BCUT2D eigenvalue weighted by Gasteiger charge is 2.31. The summed E-state index contributed by atoms with van der Waals surface area (Å²) in [7, 11) is -3.16. The van der Waals surface area contributed by atoms with Crippen LogP contribution in [0.5, 0.6) is 0 Å². The lowest BCUT2D eigenvalue weighted by molar-refractivity contribution is 0.876. The molecule has 0 saturated carbocycles. The molecule has 0 aliphatic heterocycles. The Morgan fingerprint density at radius 1 is 0.778 bits per heavy atom. The van der Waals surface area contributed by atoms with Crippen molar-refractivity contribution >= 4 is 63.2 Å². The van der Waals surface area contributed by atoms with Crippen LogP contribution in [0.25, 0.3) is 32.1 Å². The summed E-state index contributed by atoms with van der Waals surface area (Å²) in [4.78, 5) is 4.96. The molecule has 4 heteroatoms. The summed E-state index contributed by atoms with van der Waals surface area (Å²) in [5.41, 5.74) is 5.19. The molecule has 0 amide bonds. The Bertz CT molecular complexity index is 1570. The highest BCUT2D eigenvalue weighted by molar-refractivity contribution is 7.34. The summed E-state index contributed by atoms with van der Waals surface area (Å²) in [6.45, 7) is 19.2. The Kier molecular flexibility index (Phi) is 6.34. The normalized spacial score (nSPS) is 12.7. The van der Waals surface area contributed by atoms with Gasteiger partial charge in [0.2, 0.25) is 0 Å². The van der Waals surface area contributed by atoms with Gasteiger partial charge < -0.3 is 0 Å². The first-order valence-electron chi connectivity index (χ1n) is 13.0. The van der Waals surface area contributed by atoms with E-state index in [1.54, 1.807) is 4.50 Å². The molecular weight excluding hydrogens is 487 g/mol. The molecule has 0 bridgehead atoms. The fraction of sp³-hybridized carbons (Fsp3) is 0.281. The Morgan fingerprint density at radius 3 is 2.11 bits per heavy atom. The van der Waals surface area contributed by atoms with Crippen molar-refractivity contribution in [1.82, 2.24) is 4.98 Å². The molecule has 2 heterocycles. The van der Waals surface area contributed by atoms with Gasteiger partial charge in [0.15, 0.2) is 0 Å². The van der Waals surface area contributed by atoms with Crippen molar-refractivity contribution < 1.29 is 0 Å². The number of nitrogens with zero attached hydrogens (tertiary/aromatic N) is 1. The second kappa shape index (κ2) is 9.09. The lowest BCUT2D eigenvalue weighted by atomic mass is 9.92. The first-order chi connectivity index (χ1) is 17.0. The molecule has 5 rings (SSSR count). The minimum absolute atomic E-state index is 0.458. The van der Waals surface area contributed by atoms with Gasteiger partial charge >= 0.3 is 0 Å². The highest BCUT2D eigenvalue weighted by Crippen LogP contribution is 2.37. The van der Waals surface area contributed by atoms with Gasteiger partial charge in [-0.1, -0.05) is 105 Å². The summed E-state index contributed by atoms with van der Waals surface area (Å²) in [5, 5.41) is 7.05. The van der Waals surface area contributed by atoms with Crippen LogP contribution in [0.1, 0.15) is 30.9 Å². The summed E-state index contributed by atoms with van der Waals surface area (Å²) >= 11 is 1.98. The third kappa shape index (κ3) is 4.29. The number of aryl methyl sites for hydroxylation is 1. The predicted molar refractivity (Wildman–Crippen MR) is 168 cm³/mol. The Balaban J connectivity index is 1.67. The maximum atomic E-state index is 4.96. The molecule has 0 fully saturated rings. The molecule has 36 heavy (non-hydrogen) atoms. The van der Waals surface area contributed by atoms with Gasteiger partial charge in [-0.05, 0) is 62.8 Å². The molecule has 0 N–H and O–H groups in total. The average Bonchev–Trinajstić information content (AvgIpc) is 3.20. The van der Waals surface area contributed by atoms with Crippen LogP contribution in [0, 0.1) is 6.92 Å². The maximum Gasteiger partial charge on any atom is 0.125 e. The standard InChI is InChI=1S/C32H37NSSi2/c1-21(2)29-20-24(19-23-11-9-10-12-28(23)29)30-31-27(17-18-33-30)22(3)32(34-31)36(7,8)26-15-13-25(14-16-26)35(4,5)6/h9-21H,1-8H3. The van der Waals surface area contributed by atoms with Crippen LogP contribution in [0.4, 0.5) is 0 Å². The van der Waals surface area contributed by atoms with E-state index in [9.17, 15) is 0 Å². The topological polar surface area (TPSA) is 12.9 Å². The van der Waals surface area contributed by atoms with Crippen LogP contribution in [-0.4, -0.2) is 21.1 Å². The summed E-state index contributed by atoms with van der Waals surface area (Å²) < 4.78 is 2.90. The molecule has 0 radical (unpaired) electrons. The Hall–Kier alpha value is -2.54. The van der Waals surface area contributed by atoms with E-state index in [1.807, 2.05) is 17.5 Å². The molecule has 0 aliphatic rings. The van der Waals surface area contributed by atoms with Gasteiger partial charge in [-0.3, -0.25) is 4.98 Å². The van der Waals surface area contributed by atoms with Crippen molar-refractivity contribution in [2.75, 3.05) is 0 Å². The number of fused-ring (bicyclic) bond motifs is 2. The van der Waals surface area contributed by atoms with E-state index in [-0.39, 0.29) is 0 Å². The number of rotatable bonds is 5. The lowest BCUT2D eigenvalue weighted by Gasteiger charge is -2.24. The van der Waals surface area contributed by atoms with E-state index >= 15 is 0 Å². The molecular formula is C32H37NSSi2. The number of hydrogen-bond donors (Lipinski definition) is 0. The quantitative estimate of drug-likeness (QED) is 0.213. The highest BCUT2D eigenvalue weighted by atomic mass is 32.1. The fourth-order valence-electron chi connectivity index (χ4n) is 5.42. The minimum Gasteiger partial charge on any atom is -0.255 e. The molecule has 184 valence electrons. The molecule has 0 aliphatic carbocycles. The van der Waals surface area contributed by atoms with E-state index in [0.717, 1.165) is 5.69 Å². The van der Waals surface area contributed by atoms with Crippen LogP contribution < -0.4 is 14.9 Å². The van der Waals surface area contributed by atoms with Crippen LogP contribution in [0.2, 0.25) is 32.7 Å². The third-order valence-electron chi connectivity index (χ3n) is 7.68. The van der Waals surface area contributed by atoms with Gasteiger partial charge in [0.05, 0.1) is 18.5 Å². The van der Waals surface area contributed by atoms with Gasteiger partial charge in [-0.2, -0.15) is 0 Å². The van der Waals surface area contributed by atoms with E-state index in [4.69, 9.17) is 4.98 Å². The van der Waals surface area contributed by atoms with E-state index in [0.29, 0.717) is 5.92 Å². The zero-order chi connectivity index (χ0) is 25.8. The summed E-state index contributed by atoms with van der Waals surface area (Å²) in [6.07, 6.45) is 2.00. The van der Waals surface area contributed by atoms with Gasteiger partial charge in [0, 0.05) is 11.8 Å². The van der Waals surface area contributed by atoms with Crippen molar-refractivity contribution in [2.24, 2.45) is 0 Å². The smallest absolute Gasteiger partial charge is 0.125 e. The molecule has 0 spiro atoms. The van der Waals surface area contributed by atoms with Crippen LogP contribution in [-0.2, 0) is 0 Å². The second-order valence-electron chi connectivity index (χ2n) is 12.0. The zero-order valence-electron chi connectivity index (χ0n) is 22.9. The van der Waals surface area contributed by atoms with Gasteiger partial charge in [-0.25, -0.2) is 0 Å². The second-order valence-corrected chi connectivity index (χ2v) is 22.8. The van der Waals surface area contributed by atoms with Gasteiger partial charge in [0.25, 0.3) is 0 Å². The monoisotopic (exact) mass is 523 g/mol. The first-order valence-corrected chi connectivity index (χ1v) is 20.3. The largest absolute Gasteiger partial charge is 0.255 e. The molecule has 0 atom stereocenters. The summed E-state index contributed by atoms with van der Waals surface area (Å²) in [6, 6.07) is 25.3. The number of benzene rings is 3. The molecule has 0 unspecified atom stereocenters. The number of aromatic nitrogens is 1. The summed E-state index contributed by atoms with van der Waals surface area (Å²) in [5.74, 6) is 0.458. The molecule has 5 aromatic rings. The lowest BCUT2D eigenvalue weighted by Crippen LogP contribution is -2.53. The van der Waals surface area contributed by atoms with Crippen molar-refractivity contribution in [3.05, 3.63) is 84.1 Å². The van der Waals surface area contributed by atoms with Gasteiger partial charge in [0.1, 0.15) is 8.07 Å². The van der Waals surface area contributed by atoms with Crippen LogP contribution in [0.15, 0.2) is 72.9 Å². The fourth-order valence-corrected chi connectivity index (χ4v) is 11.7. The zero-order valence-corrected chi connectivity index (χ0v) is 25.7. The van der Waals surface area contributed by atoms with Crippen molar-refractivity contribution in [1.29, 1.82) is 0 Å². The molecule has 0 saturated heterocycles. The third-order valence-corrected chi connectivity index (χ3v) is 16.0. The molecule has 2 aromatic heterocycles.